The molecule has 0 aliphatic rings. The number of hydrogen-bond donors (Lipinski definition) is 1. The predicted molar refractivity (Wildman–Crippen MR) is 50.5 cm³/mol. The van der Waals surface area contributed by atoms with Gasteiger partial charge in [0.25, 0.3) is 0 Å². The van der Waals surface area contributed by atoms with E-state index in [1.54, 1.807) is 0 Å². The Morgan fingerprint density at radius 1 is 1.46 bits per heavy atom. The number of rotatable bonds is 5. The number of nitrogens with zero attached hydrogens (tertiary/aromatic N) is 2. The summed E-state index contributed by atoms with van der Waals surface area (Å²) in [5.41, 5.74) is 0. The molecule has 0 aliphatic carbocycles. The summed E-state index contributed by atoms with van der Waals surface area (Å²) in [6.07, 6.45) is 1.93. The van der Waals surface area contributed by atoms with Gasteiger partial charge < -0.3 is 9.84 Å². The van der Waals surface area contributed by atoms with Crippen molar-refractivity contribution in [3.05, 3.63) is 11.7 Å². The van der Waals surface area contributed by atoms with Gasteiger partial charge in [0.15, 0.2) is 5.82 Å². The van der Waals surface area contributed by atoms with Crippen molar-refractivity contribution < 1.29 is 4.52 Å². The van der Waals surface area contributed by atoms with E-state index in [0.29, 0.717) is 11.9 Å². The molecule has 0 bridgehead atoms. The molecule has 0 saturated heterocycles. The van der Waals surface area contributed by atoms with E-state index in [-0.39, 0.29) is 0 Å². The lowest BCUT2D eigenvalue weighted by molar-refractivity contribution is 0.382. The van der Waals surface area contributed by atoms with Crippen LogP contribution in [0.15, 0.2) is 4.52 Å². The summed E-state index contributed by atoms with van der Waals surface area (Å²) in [7, 11) is 0. The molecular formula is C9H17N3O. The van der Waals surface area contributed by atoms with Crippen molar-refractivity contribution in [3.63, 3.8) is 0 Å². The van der Waals surface area contributed by atoms with Gasteiger partial charge in [-0.1, -0.05) is 19.0 Å². The van der Waals surface area contributed by atoms with E-state index in [4.69, 9.17) is 4.52 Å². The van der Waals surface area contributed by atoms with Gasteiger partial charge in [0.1, 0.15) is 0 Å². The minimum absolute atomic E-state index is 0.460. The molecule has 1 heterocycles. The van der Waals surface area contributed by atoms with Gasteiger partial charge in [0.05, 0.1) is 0 Å². The average molecular weight is 183 g/mol. The smallest absolute Gasteiger partial charge is 0.223 e. The third-order valence-corrected chi connectivity index (χ3v) is 1.98. The van der Waals surface area contributed by atoms with Gasteiger partial charge in [-0.15, -0.1) is 0 Å². The van der Waals surface area contributed by atoms with Crippen LogP contribution < -0.4 is 5.32 Å². The lowest BCUT2D eigenvalue weighted by atomic mass is 10.1. The fourth-order valence-corrected chi connectivity index (χ4v) is 1.29. The molecule has 1 aromatic heterocycles. The standard InChI is InChI=1S/C9H17N3O/c1-4-8(10-5-2)6-9-11-7(3)13-12-9/h8,10H,4-6H2,1-3H3/t8-/m0/s1. The van der Waals surface area contributed by atoms with Crippen LogP contribution in [0.4, 0.5) is 0 Å². The van der Waals surface area contributed by atoms with Crippen molar-refractivity contribution >= 4 is 0 Å². The summed E-state index contributed by atoms with van der Waals surface area (Å²) in [4.78, 5) is 4.16. The summed E-state index contributed by atoms with van der Waals surface area (Å²) in [5.74, 6) is 1.44. The van der Waals surface area contributed by atoms with Gasteiger partial charge in [-0.2, -0.15) is 4.98 Å². The second-order valence-corrected chi connectivity index (χ2v) is 3.10. The molecule has 74 valence electrons. The third kappa shape index (κ3) is 3.14. The molecule has 1 aromatic rings. The molecule has 13 heavy (non-hydrogen) atoms. The number of hydrogen-bond acceptors (Lipinski definition) is 4. The van der Waals surface area contributed by atoms with Crippen molar-refractivity contribution in [2.24, 2.45) is 0 Å². The van der Waals surface area contributed by atoms with Gasteiger partial charge in [0, 0.05) is 19.4 Å². The third-order valence-electron chi connectivity index (χ3n) is 1.98. The second kappa shape index (κ2) is 4.97. The Labute approximate surface area is 78.7 Å². The van der Waals surface area contributed by atoms with E-state index in [1.807, 2.05) is 6.92 Å². The Bertz CT molecular complexity index is 247. The highest BCUT2D eigenvalue weighted by atomic mass is 16.5. The van der Waals surface area contributed by atoms with Gasteiger partial charge >= 0.3 is 0 Å². The van der Waals surface area contributed by atoms with Crippen molar-refractivity contribution in [2.75, 3.05) is 6.54 Å². The van der Waals surface area contributed by atoms with Crippen LogP contribution >= 0.6 is 0 Å². The maximum atomic E-state index is 4.90. The molecule has 0 spiro atoms. The van der Waals surface area contributed by atoms with E-state index in [1.165, 1.54) is 0 Å². The molecule has 1 atom stereocenters. The van der Waals surface area contributed by atoms with Crippen molar-refractivity contribution in [1.82, 2.24) is 15.5 Å². The van der Waals surface area contributed by atoms with Crippen LogP contribution in [0.1, 0.15) is 32.0 Å². The molecule has 0 aliphatic heterocycles. The van der Waals surface area contributed by atoms with E-state index in [0.717, 1.165) is 25.2 Å². The highest BCUT2D eigenvalue weighted by molar-refractivity contribution is 4.88. The van der Waals surface area contributed by atoms with Crippen molar-refractivity contribution in [2.45, 2.75) is 39.7 Å². The van der Waals surface area contributed by atoms with E-state index < -0.39 is 0 Å². The largest absolute Gasteiger partial charge is 0.340 e. The first-order valence-corrected chi connectivity index (χ1v) is 4.78. The van der Waals surface area contributed by atoms with Gasteiger partial charge in [-0.25, -0.2) is 0 Å². The summed E-state index contributed by atoms with van der Waals surface area (Å²) in [5, 5.41) is 7.23. The molecule has 4 nitrogen and oxygen atoms in total. The maximum Gasteiger partial charge on any atom is 0.223 e. The van der Waals surface area contributed by atoms with Crippen LogP contribution in [0.25, 0.3) is 0 Å². The number of likely N-dealkylation sites (N-methyl/N-ethyl adjacent to an activating group) is 1. The Morgan fingerprint density at radius 2 is 2.23 bits per heavy atom. The SMILES string of the molecule is CCN[C@@H](CC)Cc1noc(C)n1. The molecule has 0 unspecified atom stereocenters. The van der Waals surface area contributed by atoms with Crippen molar-refractivity contribution in [3.8, 4) is 0 Å². The topological polar surface area (TPSA) is 51.0 Å². The Morgan fingerprint density at radius 3 is 2.69 bits per heavy atom. The first-order valence-electron chi connectivity index (χ1n) is 4.78. The zero-order valence-electron chi connectivity index (χ0n) is 8.50. The zero-order valence-corrected chi connectivity index (χ0v) is 8.50. The Kier molecular flexibility index (Phi) is 3.89. The summed E-state index contributed by atoms with van der Waals surface area (Å²) in [6, 6.07) is 0.460. The summed E-state index contributed by atoms with van der Waals surface area (Å²) < 4.78 is 4.90. The fraction of sp³-hybridized carbons (Fsp3) is 0.778. The molecule has 0 aromatic carbocycles. The minimum Gasteiger partial charge on any atom is -0.340 e. The van der Waals surface area contributed by atoms with Crippen LogP contribution in [0, 0.1) is 6.92 Å². The quantitative estimate of drug-likeness (QED) is 0.747. The van der Waals surface area contributed by atoms with Crippen molar-refractivity contribution in [1.29, 1.82) is 0 Å². The van der Waals surface area contributed by atoms with Crippen LogP contribution in [-0.4, -0.2) is 22.7 Å². The van der Waals surface area contributed by atoms with E-state index >= 15 is 0 Å². The number of aromatic nitrogens is 2. The Balaban J connectivity index is 2.46. The molecule has 0 radical (unpaired) electrons. The highest BCUT2D eigenvalue weighted by Gasteiger charge is 2.09. The highest BCUT2D eigenvalue weighted by Crippen LogP contribution is 2.02. The normalized spacial score (nSPS) is 13.2. The van der Waals surface area contributed by atoms with Crippen LogP contribution in [0.5, 0.6) is 0 Å². The fourth-order valence-electron chi connectivity index (χ4n) is 1.29. The first kappa shape index (κ1) is 10.2. The molecule has 0 saturated carbocycles. The van der Waals surface area contributed by atoms with E-state index in [9.17, 15) is 0 Å². The summed E-state index contributed by atoms with van der Waals surface area (Å²) >= 11 is 0. The summed E-state index contributed by atoms with van der Waals surface area (Å²) in [6.45, 7) is 7.05. The van der Waals surface area contributed by atoms with Crippen LogP contribution in [0.3, 0.4) is 0 Å². The lowest BCUT2D eigenvalue weighted by Gasteiger charge is -2.12. The molecular weight excluding hydrogens is 166 g/mol. The number of nitrogens with one attached hydrogen (secondary N) is 1. The van der Waals surface area contributed by atoms with Crippen LogP contribution in [-0.2, 0) is 6.42 Å². The lowest BCUT2D eigenvalue weighted by Crippen LogP contribution is -2.30. The van der Waals surface area contributed by atoms with Gasteiger partial charge in [0.2, 0.25) is 5.89 Å². The predicted octanol–water partition coefficient (Wildman–Crippen LogP) is 1.31. The average Bonchev–Trinajstić information content (AvgIpc) is 2.50. The van der Waals surface area contributed by atoms with Gasteiger partial charge in [-0.3, -0.25) is 0 Å². The molecule has 1 N–H and O–H groups in total. The minimum atomic E-state index is 0.460. The second-order valence-electron chi connectivity index (χ2n) is 3.10. The zero-order chi connectivity index (χ0) is 9.68. The Hall–Kier alpha value is -0.900. The number of aryl methyl sites for hydroxylation is 1. The van der Waals surface area contributed by atoms with Gasteiger partial charge in [-0.05, 0) is 13.0 Å². The van der Waals surface area contributed by atoms with E-state index in [2.05, 4.69) is 29.3 Å². The molecule has 0 amide bonds. The van der Waals surface area contributed by atoms with Crippen LogP contribution in [0.2, 0.25) is 0 Å². The monoisotopic (exact) mass is 183 g/mol. The molecule has 1 rings (SSSR count). The first-order chi connectivity index (χ1) is 6.26. The molecule has 4 heteroatoms. The maximum absolute atomic E-state index is 4.90. The molecule has 0 fully saturated rings.